The van der Waals surface area contributed by atoms with Gasteiger partial charge in [-0.3, -0.25) is 9.79 Å². The van der Waals surface area contributed by atoms with Gasteiger partial charge in [-0.05, 0) is 59.1 Å². The molecule has 1 aliphatic carbocycles. The number of hydrogen-bond acceptors (Lipinski definition) is 5. The number of carboxylic acids is 1. The van der Waals surface area contributed by atoms with Gasteiger partial charge in [0.25, 0.3) is 5.91 Å². The fraction of sp³-hybridized carbons (Fsp3) is 0.125. The number of rotatable bonds is 5. The van der Waals surface area contributed by atoms with E-state index < -0.39 is 5.97 Å². The SMILES string of the molecule is O=C(Nc1ccc(-c2ccc(C(=O)O)cc2)cc1)C1=C(C2=CC=C2)N2CCCN=C2S1. The number of benzene rings is 2. The molecule has 1 amide bonds. The van der Waals surface area contributed by atoms with Gasteiger partial charge in [-0.1, -0.05) is 42.5 Å². The highest BCUT2D eigenvalue weighted by atomic mass is 32.2. The van der Waals surface area contributed by atoms with E-state index in [4.69, 9.17) is 5.11 Å². The quantitative estimate of drug-likeness (QED) is 0.731. The highest BCUT2D eigenvalue weighted by Gasteiger charge is 2.36. The topological polar surface area (TPSA) is 82.0 Å². The standard InChI is InChI=1S/C24H19N3O3S/c28-22(21-20(17-3-1-4-17)27-14-2-13-25-24(27)31-21)26-19-11-9-16(10-12-19)15-5-7-18(8-6-15)23(29)30/h1,3-12H,2,13-14H2,(H,26,28)(H,29,30). The number of thioether (sulfide) groups is 1. The fourth-order valence-electron chi connectivity index (χ4n) is 3.67. The molecule has 154 valence electrons. The van der Waals surface area contributed by atoms with Gasteiger partial charge >= 0.3 is 5.97 Å². The number of hydrogen-bond donors (Lipinski definition) is 2. The lowest BCUT2D eigenvalue weighted by molar-refractivity contribution is -0.112. The van der Waals surface area contributed by atoms with Crippen LogP contribution in [0.1, 0.15) is 16.8 Å². The van der Waals surface area contributed by atoms with Crippen molar-refractivity contribution in [1.29, 1.82) is 0 Å². The van der Waals surface area contributed by atoms with Crippen molar-refractivity contribution in [3.8, 4) is 11.1 Å². The van der Waals surface area contributed by atoms with Crippen LogP contribution in [-0.2, 0) is 4.79 Å². The van der Waals surface area contributed by atoms with Crippen LogP contribution in [0.3, 0.4) is 0 Å². The van der Waals surface area contributed by atoms with Crippen LogP contribution in [0, 0.1) is 0 Å². The second-order valence-electron chi connectivity index (χ2n) is 7.34. The first-order valence-electron chi connectivity index (χ1n) is 9.98. The van der Waals surface area contributed by atoms with Crippen LogP contribution in [-0.4, -0.2) is 40.1 Å². The van der Waals surface area contributed by atoms with Crippen molar-refractivity contribution in [3.05, 3.63) is 88.5 Å². The summed E-state index contributed by atoms with van der Waals surface area (Å²) in [5.41, 5.74) is 4.82. The second-order valence-corrected chi connectivity index (χ2v) is 8.32. The molecule has 0 unspecified atom stereocenters. The van der Waals surface area contributed by atoms with Gasteiger partial charge in [0, 0.05) is 18.8 Å². The van der Waals surface area contributed by atoms with Crippen LogP contribution in [0.2, 0.25) is 0 Å². The molecule has 2 heterocycles. The maximum Gasteiger partial charge on any atom is 0.335 e. The Morgan fingerprint density at radius 2 is 1.71 bits per heavy atom. The van der Waals surface area contributed by atoms with Gasteiger partial charge in [-0.25, -0.2) is 4.79 Å². The lowest BCUT2D eigenvalue weighted by Crippen LogP contribution is -2.30. The number of fused-ring (bicyclic) bond motifs is 1. The molecule has 0 saturated heterocycles. The van der Waals surface area contributed by atoms with Crippen LogP contribution in [0.25, 0.3) is 11.1 Å². The number of amidine groups is 1. The number of nitrogens with zero attached hydrogens (tertiary/aromatic N) is 2. The molecule has 2 aliphatic heterocycles. The van der Waals surface area contributed by atoms with Crippen molar-refractivity contribution in [2.75, 3.05) is 18.4 Å². The number of aliphatic imine (C=N–C) groups is 1. The van der Waals surface area contributed by atoms with E-state index >= 15 is 0 Å². The maximum atomic E-state index is 13.1. The van der Waals surface area contributed by atoms with E-state index in [0.717, 1.165) is 47.1 Å². The third-order valence-electron chi connectivity index (χ3n) is 5.34. The highest BCUT2D eigenvalue weighted by molar-refractivity contribution is 8.18. The van der Waals surface area contributed by atoms with Gasteiger partial charge in [0.1, 0.15) is 4.91 Å². The minimum Gasteiger partial charge on any atom is -0.478 e. The molecule has 7 heteroatoms. The average Bonchev–Trinajstić information content (AvgIpc) is 3.13. The van der Waals surface area contributed by atoms with Gasteiger partial charge in [-0.15, -0.1) is 0 Å². The molecule has 2 N–H and O–H groups in total. The molecule has 2 aromatic carbocycles. The van der Waals surface area contributed by atoms with E-state index in [1.54, 1.807) is 24.3 Å². The lowest BCUT2D eigenvalue weighted by atomic mass is 10.0. The second kappa shape index (κ2) is 7.92. The molecule has 6 nitrogen and oxygen atoms in total. The number of carboxylic acid groups (broad SMARTS) is 1. The lowest BCUT2D eigenvalue weighted by Gasteiger charge is -2.26. The summed E-state index contributed by atoms with van der Waals surface area (Å²) >= 11 is 1.43. The number of carbonyl (C=O) groups is 2. The number of amides is 1. The minimum absolute atomic E-state index is 0.142. The third-order valence-corrected chi connectivity index (χ3v) is 6.45. The molecule has 2 aromatic rings. The van der Waals surface area contributed by atoms with E-state index in [9.17, 15) is 9.59 Å². The number of allylic oxidation sites excluding steroid dienone is 3. The van der Waals surface area contributed by atoms with Crippen molar-refractivity contribution < 1.29 is 14.7 Å². The number of aromatic carboxylic acids is 1. The van der Waals surface area contributed by atoms with Crippen molar-refractivity contribution >= 4 is 34.5 Å². The first kappa shape index (κ1) is 19.4. The summed E-state index contributed by atoms with van der Waals surface area (Å²) in [7, 11) is 0. The third kappa shape index (κ3) is 3.68. The highest BCUT2D eigenvalue weighted by Crippen LogP contribution is 2.41. The number of anilines is 1. The van der Waals surface area contributed by atoms with E-state index in [2.05, 4.69) is 15.2 Å². The summed E-state index contributed by atoms with van der Waals surface area (Å²) in [6, 6.07) is 14.2. The monoisotopic (exact) mass is 429 g/mol. The average molecular weight is 430 g/mol. The molecule has 0 saturated carbocycles. The zero-order chi connectivity index (χ0) is 21.4. The Kier molecular flexibility index (Phi) is 4.95. The molecule has 31 heavy (non-hydrogen) atoms. The van der Waals surface area contributed by atoms with Crippen LogP contribution < -0.4 is 5.32 Å². The van der Waals surface area contributed by atoms with E-state index in [-0.39, 0.29) is 11.5 Å². The largest absolute Gasteiger partial charge is 0.478 e. The van der Waals surface area contributed by atoms with Crippen LogP contribution in [0.15, 0.2) is 87.9 Å². The molecule has 0 atom stereocenters. The Morgan fingerprint density at radius 1 is 1.03 bits per heavy atom. The molecular formula is C24H19N3O3S. The zero-order valence-electron chi connectivity index (χ0n) is 16.5. The van der Waals surface area contributed by atoms with Crippen molar-refractivity contribution in [2.24, 2.45) is 4.99 Å². The van der Waals surface area contributed by atoms with Crippen LogP contribution in [0.5, 0.6) is 0 Å². The van der Waals surface area contributed by atoms with Gasteiger partial charge in [-0.2, -0.15) is 0 Å². The summed E-state index contributed by atoms with van der Waals surface area (Å²) in [6.07, 6.45) is 6.99. The summed E-state index contributed by atoms with van der Waals surface area (Å²) in [5, 5.41) is 12.9. The summed E-state index contributed by atoms with van der Waals surface area (Å²) in [4.78, 5) is 31.5. The normalized spacial score (nSPS) is 17.0. The van der Waals surface area contributed by atoms with Crippen molar-refractivity contribution in [2.45, 2.75) is 6.42 Å². The summed E-state index contributed by atoms with van der Waals surface area (Å²) < 4.78 is 0. The molecule has 3 aliphatic rings. The van der Waals surface area contributed by atoms with Crippen LogP contribution in [0.4, 0.5) is 5.69 Å². The Labute approximate surface area is 183 Å². The summed E-state index contributed by atoms with van der Waals surface area (Å²) in [5.74, 6) is -1.09. The molecular weight excluding hydrogens is 410 g/mol. The molecule has 0 bridgehead atoms. The molecule has 0 fully saturated rings. The van der Waals surface area contributed by atoms with Gasteiger partial charge in [0.15, 0.2) is 5.17 Å². The number of nitrogens with one attached hydrogen (secondary N) is 1. The van der Waals surface area contributed by atoms with Crippen LogP contribution >= 0.6 is 11.8 Å². The van der Waals surface area contributed by atoms with E-state index in [1.807, 2.05) is 42.5 Å². The summed E-state index contributed by atoms with van der Waals surface area (Å²) in [6.45, 7) is 1.67. The zero-order valence-corrected chi connectivity index (χ0v) is 17.4. The smallest absolute Gasteiger partial charge is 0.335 e. The van der Waals surface area contributed by atoms with Crippen molar-refractivity contribution in [3.63, 3.8) is 0 Å². The Balaban J connectivity index is 1.35. The molecule has 0 radical (unpaired) electrons. The fourth-order valence-corrected chi connectivity index (χ4v) is 4.77. The van der Waals surface area contributed by atoms with Gasteiger partial charge in [0.2, 0.25) is 0 Å². The van der Waals surface area contributed by atoms with Gasteiger partial charge in [0.05, 0.1) is 11.3 Å². The predicted molar refractivity (Wildman–Crippen MR) is 123 cm³/mol. The Bertz CT molecular complexity index is 1190. The maximum absolute atomic E-state index is 13.1. The molecule has 5 rings (SSSR count). The Morgan fingerprint density at radius 3 is 2.32 bits per heavy atom. The van der Waals surface area contributed by atoms with E-state index in [0.29, 0.717) is 10.6 Å². The first-order valence-corrected chi connectivity index (χ1v) is 10.8. The first-order chi connectivity index (χ1) is 15.1. The Hall–Kier alpha value is -3.58. The number of carbonyl (C=O) groups excluding carboxylic acids is 1. The van der Waals surface area contributed by atoms with Crippen molar-refractivity contribution in [1.82, 2.24) is 4.90 Å². The predicted octanol–water partition coefficient (Wildman–Crippen LogP) is 4.51. The molecule has 0 aromatic heterocycles. The minimum atomic E-state index is -0.946. The van der Waals surface area contributed by atoms with E-state index in [1.165, 1.54) is 11.8 Å². The molecule has 0 spiro atoms. The van der Waals surface area contributed by atoms with Gasteiger partial charge < -0.3 is 15.3 Å².